The molecule has 0 aromatic carbocycles. The van der Waals surface area contributed by atoms with Gasteiger partial charge in [-0.15, -0.1) is 0 Å². The number of carbonyl (C=O) groups excluding carboxylic acids is 4. The fraction of sp³-hybridized carbons (Fsp3) is 0.816. The maximum atomic E-state index is 13.1. The lowest BCUT2D eigenvalue weighted by Gasteiger charge is -2.21. The Morgan fingerprint density at radius 2 is 0.472 bits per heavy atom. The molecule has 5 atom stereocenters. The molecule has 0 rings (SSSR count). The molecule has 17 nitrogen and oxygen atoms in total. The Morgan fingerprint density at radius 3 is 0.764 bits per heavy atom. The van der Waals surface area contributed by atoms with Crippen LogP contribution in [0.3, 0.4) is 0 Å². The summed E-state index contributed by atoms with van der Waals surface area (Å²) in [7, 11) is -9.97. The fourth-order valence-electron chi connectivity index (χ4n) is 12.1. The molecule has 106 heavy (non-hydrogen) atoms. The van der Waals surface area contributed by atoms with Crippen molar-refractivity contribution in [1.29, 1.82) is 0 Å². The standard InChI is InChI=1S/C87H158O17P2/c1-5-9-13-17-21-25-29-33-37-40-44-47-51-55-59-63-67-71-84(89)97-77-82(103-86(91)73-69-65-61-57-53-49-43-36-32-28-24-20-16-12-8-4)79-101-105(93,94)99-75-81(88)76-100-106(95,96)102-80-83(104-87(92)74-70-66-62-58-54-50-46-42-39-35-31-27-23-19-15-11-7-3)78-98-85(90)72-68-64-60-56-52-48-45-41-38-34-30-26-22-18-14-10-6-2/h23-24,27-28,35-36,39,43,46,50,58,62,81-83,88H,5-22,25-26,29-34,37-38,40-42,44-45,47-49,51-57,59-61,63-80H2,1-4H3,(H,93,94)(H,95,96)/b27-23-,28-24-,39-35-,43-36-,50-46-,62-58-/t81-,82+,83+/m0/s1. The summed E-state index contributed by atoms with van der Waals surface area (Å²) < 4.78 is 68.8. The summed E-state index contributed by atoms with van der Waals surface area (Å²) in [4.78, 5) is 73.2. The van der Waals surface area contributed by atoms with Crippen molar-refractivity contribution >= 4 is 39.5 Å². The number of aliphatic hydroxyl groups is 1. The number of aliphatic hydroxyl groups excluding tert-OH is 1. The van der Waals surface area contributed by atoms with Crippen LogP contribution in [0.4, 0.5) is 0 Å². The van der Waals surface area contributed by atoms with Crippen molar-refractivity contribution in [3.05, 3.63) is 72.9 Å². The Kier molecular flexibility index (Phi) is 77.0. The van der Waals surface area contributed by atoms with Gasteiger partial charge < -0.3 is 33.8 Å². The van der Waals surface area contributed by atoms with Crippen LogP contribution in [-0.4, -0.2) is 96.7 Å². The number of allylic oxidation sites excluding steroid dienone is 12. The van der Waals surface area contributed by atoms with Gasteiger partial charge in [-0.3, -0.25) is 37.3 Å². The summed E-state index contributed by atoms with van der Waals surface area (Å²) in [6.45, 7) is 4.85. The highest BCUT2D eigenvalue weighted by Gasteiger charge is 2.30. The second kappa shape index (κ2) is 79.6. The predicted molar refractivity (Wildman–Crippen MR) is 436 cm³/mol. The topological polar surface area (TPSA) is 237 Å². The maximum absolute atomic E-state index is 13.1. The summed E-state index contributed by atoms with van der Waals surface area (Å²) in [5, 5.41) is 10.7. The van der Waals surface area contributed by atoms with Crippen molar-refractivity contribution < 1.29 is 80.2 Å². The highest BCUT2D eigenvalue weighted by atomic mass is 31.2. The molecule has 0 aliphatic rings. The van der Waals surface area contributed by atoms with Gasteiger partial charge in [0.1, 0.15) is 19.3 Å². The normalized spacial score (nSPS) is 14.1. The van der Waals surface area contributed by atoms with Crippen molar-refractivity contribution in [3.8, 4) is 0 Å². The van der Waals surface area contributed by atoms with Crippen molar-refractivity contribution in [2.75, 3.05) is 39.6 Å². The van der Waals surface area contributed by atoms with E-state index in [0.29, 0.717) is 32.1 Å². The number of ether oxygens (including phenoxy) is 4. The number of phosphoric acid groups is 2. The van der Waals surface area contributed by atoms with Crippen molar-refractivity contribution in [1.82, 2.24) is 0 Å². The summed E-state index contributed by atoms with van der Waals surface area (Å²) in [6.07, 6.45) is 83.0. The molecule has 0 bridgehead atoms. The number of unbranched alkanes of at least 4 members (excludes halogenated alkanes) is 44. The van der Waals surface area contributed by atoms with Crippen LogP contribution >= 0.6 is 15.6 Å². The van der Waals surface area contributed by atoms with E-state index < -0.39 is 97.5 Å². The maximum Gasteiger partial charge on any atom is 0.472 e. The molecule has 0 saturated carbocycles. The molecule has 0 amide bonds. The van der Waals surface area contributed by atoms with E-state index in [-0.39, 0.29) is 25.7 Å². The third kappa shape index (κ3) is 78.6. The van der Waals surface area contributed by atoms with Crippen LogP contribution in [0.2, 0.25) is 0 Å². The molecular formula is C87H158O17P2. The Hall–Kier alpha value is -3.50. The Bertz CT molecular complexity index is 2280. The van der Waals surface area contributed by atoms with Crippen LogP contribution in [0.5, 0.6) is 0 Å². The van der Waals surface area contributed by atoms with E-state index in [0.717, 1.165) is 109 Å². The van der Waals surface area contributed by atoms with E-state index in [1.54, 1.807) is 0 Å². The Balaban J connectivity index is 5.38. The van der Waals surface area contributed by atoms with E-state index in [4.69, 9.17) is 37.0 Å². The van der Waals surface area contributed by atoms with Gasteiger partial charge in [0.05, 0.1) is 26.4 Å². The van der Waals surface area contributed by atoms with Gasteiger partial charge in [0, 0.05) is 25.7 Å². The van der Waals surface area contributed by atoms with E-state index in [1.165, 1.54) is 205 Å². The molecular weight excluding hydrogens is 1380 g/mol. The Labute approximate surface area is 647 Å². The van der Waals surface area contributed by atoms with Crippen LogP contribution < -0.4 is 0 Å². The van der Waals surface area contributed by atoms with Gasteiger partial charge in [0.15, 0.2) is 12.2 Å². The lowest BCUT2D eigenvalue weighted by molar-refractivity contribution is -0.161. The summed E-state index contributed by atoms with van der Waals surface area (Å²) in [5.74, 6) is -2.22. The second-order valence-corrected chi connectivity index (χ2v) is 32.0. The molecule has 0 aliphatic heterocycles. The fourth-order valence-corrected chi connectivity index (χ4v) is 13.6. The lowest BCUT2D eigenvalue weighted by Crippen LogP contribution is -2.30. The third-order valence-corrected chi connectivity index (χ3v) is 20.6. The lowest BCUT2D eigenvalue weighted by atomic mass is 10.0. The molecule has 0 saturated heterocycles. The van der Waals surface area contributed by atoms with Gasteiger partial charge in [-0.25, -0.2) is 9.13 Å². The number of carbonyl (C=O) groups is 4. The number of hydrogen-bond donors (Lipinski definition) is 3. The Morgan fingerprint density at radius 1 is 0.264 bits per heavy atom. The average molecular weight is 1540 g/mol. The number of hydrogen-bond acceptors (Lipinski definition) is 15. The van der Waals surface area contributed by atoms with Gasteiger partial charge in [-0.05, 0) is 96.3 Å². The average Bonchev–Trinajstić information content (AvgIpc) is 0.902. The third-order valence-electron chi connectivity index (χ3n) is 18.7. The molecule has 19 heteroatoms. The molecule has 0 heterocycles. The molecule has 2 unspecified atom stereocenters. The monoisotopic (exact) mass is 1540 g/mol. The molecule has 0 aromatic rings. The summed E-state index contributed by atoms with van der Waals surface area (Å²) in [5.41, 5.74) is 0. The first-order valence-corrected chi connectivity index (χ1v) is 46.2. The zero-order valence-electron chi connectivity index (χ0n) is 67.9. The first-order chi connectivity index (χ1) is 51.7. The summed E-state index contributed by atoms with van der Waals surface area (Å²) in [6, 6.07) is 0. The quantitative estimate of drug-likeness (QED) is 0.0169. The van der Waals surface area contributed by atoms with Crippen LogP contribution in [0.25, 0.3) is 0 Å². The highest BCUT2D eigenvalue weighted by Crippen LogP contribution is 2.45. The minimum atomic E-state index is -4.99. The van der Waals surface area contributed by atoms with Crippen LogP contribution in [0, 0.1) is 0 Å². The zero-order chi connectivity index (χ0) is 77.4. The predicted octanol–water partition coefficient (Wildman–Crippen LogP) is 25.6. The van der Waals surface area contributed by atoms with Gasteiger partial charge in [-0.1, -0.05) is 351 Å². The van der Waals surface area contributed by atoms with Crippen molar-refractivity contribution in [2.24, 2.45) is 0 Å². The van der Waals surface area contributed by atoms with Crippen LogP contribution in [-0.2, 0) is 65.4 Å². The minimum Gasteiger partial charge on any atom is -0.462 e. The van der Waals surface area contributed by atoms with E-state index >= 15 is 0 Å². The first kappa shape index (κ1) is 102. The van der Waals surface area contributed by atoms with E-state index in [2.05, 4.69) is 88.5 Å². The molecule has 0 radical (unpaired) electrons. The van der Waals surface area contributed by atoms with Gasteiger partial charge in [0.25, 0.3) is 0 Å². The zero-order valence-corrected chi connectivity index (χ0v) is 69.7. The first-order valence-electron chi connectivity index (χ1n) is 43.2. The highest BCUT2D eigenvalue weighted by molar-refractivity contribution is 7.47. The van der Waals surface area contributed by atoms with Crippen molar-refractivity contribution in [3.63, 3.8) is 0 Å². The molecule has 0 aromatic heterocycles. The second-order valence-electron chi connectivity index (χ2n) is 29.1. The van der Waals surface area contributed by atoms with Crippen LogP contribution in [0.15, 0.2) is 72.9 Å². The van der Waals surface area contributed by atoms with Gasteiger partial charge >= 0.3 is 39.5 Å². The molecule has 0 aliphatic carbocycles. The minimum absolute atomic E-state index is 0.0233. The molecule has 618 valence electrons. The molecule has 0 fully saturated rings. The van der Waals surface area contributed by atoms with Gasteiger partial charge in [-0.2, -0.15) is 0 Å². The van der Waals surface area contributed by atoms with E-state index in [1.807, 2.05) is 12.2 Å². The molecule has 3 N–H and O–H groups in total. The summed E-state index contributed by atoms with van der Waals surface area (Å²) >= 11 is 0. The van der Waals surface area contributed by atoms with E-state index in [9.17, 15) is 43.2 Å². The van der Waals surface area contributed by atoms with Crippen molar-refractivity contribution in [2.45, 2.75) is 418 Å². The number of esters is 4. The van der Waals surface area contributed by atoms with Crippen LogP contribution in [0.1, 0.15) is 400 Å². The number of rotatable bonds is 82. The van der Waals surface area contributed by atoms with Gasteiger partial charge in [0.2, 0.25) is 0 Å². The SMILES string of the molecule is CCCCC/C=C\C/C=C\C/C=C\C/C=C\CCCC(=O)O[C@H](COC(=O)CCCCCCCCCCCCCCCCCCC)COP(=O)(O)OC[C@@H](O)COP(=O)(O)OC[C@@H](COC(=O)CCCCCCCCCCCCCCCCCCC)OC(=O)CCCCCCC/C=C\C/C=C\CCCCC. The molecule has 0 spiro atoms. The smallest absolute Gasteiger partial charge is 0.462 e. The number of phosphoric ester groups is 2. The largest absolute Gasteiger partial charge is 0.472 e.